The van der Waals surface area contributed by atoms with Gasteiger partial charge in [0.15, 0.2) is 0 Å². The van der Waals surface area contributed by atoms with E-state index in [2.05, 4.69) is 16.8 Å². The Balaban J connectivity index is 1.88. The van der Waals surface area contributed by atoms with Gasteiger partial charge in [-0.1, -0.05) is 6.92 Å². The molecular formula is C10H15ClN2S. The number of aromatic nitrogens is 1. The molecule has 1 saturated heterocycles. The lowest BCUT2D eigenvalue weighted by atomic mass is 9.99. The smallest absolute Gasteiger partial charge is 0.107 e. The molecule has 0 amide bonds. The molecule has 2 nitrogen and oxygen atoms in total. The summed E-state index contributed by atoms with van der Waals surface area (Å²) in [6.45, 7) is 5.36. The predicted molar refractivity (Wildman–Crippen MR) is 60.8 cm³/mol. The van der Waals surface area contributed by atoms with Crippen LogP contribution in [0.25, 0.3) is 0 Å². The van der Waals surface area contributed by atoms with Crippen molar-refractivity contribution in [3.63, 3.8) is 0 Å². The van der Waals surface area contributed by atoms with E-state index in [-0.39, 0.29) is 0 Å². The summed E-state index contributed by atoms with van der Waals surface area (Å²) in [5.74, 6) is 0.657. The first-order valence-corrected chi connectivity index (χ1v) is 6.32. The summed E-state index contributed by atoms with van der Waals surface area (Å²) in [4.78, 5) is 6.69. The minimum atomic E-state index is 0.309. The number of hydrogen-bond donors (Lipinski definition) is 0. The predicted octanol–water partition coefficient (Wildman–Crippen LogP) is 2.59. The maximum absolute atomic E-state index is 6.24. The molecule has 0 spiro atoms. The quantitative estimate of drug-likeness (QED) is 0.727. The van der Waals surface area contributed by atoms with Crippen LogP contribution in [-0.4, -0.2) is 28.4 Å². The second kappa shape index (κ2) is 4.60. The molecule has 0 bridgehead atoms. The van der Waals surface area contributed by atoms with Crippen molar-refractivity contribution in [3.8, 4) is 0 Å². The number of nitrogens with zero attached hydrogens (tertiary/aromatic N) is 2. The summed E-state index contributed by atoms with van der Waals surface area (Å²) in [6, 6.07) is 0. The molecule has 2 rings (SSSR count). The summed E-state index contributed by atoms with van der Waals surface area (Å²) < 4.78 is 0. The number of hydrogen-bond acceptors (Lipinski definition) is 3. The van der Waals surface area contributed by atoms with Crippen LogP contribution >= 0.6 is 22.9 Å². The molecule has 0 aromatic carbocycles. The van der Waals surface area contributed by atoms with Gasteiger partial charge in [-0.05, 0) is 18.9 Å². The van der Waals surface area contributed by atoms with Crippen LogP contribution in [0.2, 0.25) is 0 Å². The van der Waals surface area contributed by atoms with Gasteiger partial charge in [0.05, 0.1) is 6.54 Å². The van der Waals surface area contributed by atoms with E-state index in [1.807, 2.05) is 11.6 Å². The van der Waals surface area contributed by atoms with Crippen molar-refractivity contribution in [3.05, 3.63) is 16.6 Å². The Labute approximate surface area is 93.9 Å². The average molecular weight is 231 g/mol. The molecule has 0 N–H and O–H groups in total. The molecular weight excluding hydrogens is 216 g/mol. The maximum atomic E-state index is 6.24. The third-order valence-corrected chi connectivity index (χ3v) is 4.13. The third-order valence-electron chi connectivity index (χ3n) is 2.79. The lowest BCUT2D eigenvalue weighted by Gasteiger charge is -2.33. The number of rotatable bonds is 2. The van der Waals surface area contributed by atoms with Gasteiger partial charge in [0.25, 0.3) is 0 Å². The largest absolute Gasteiger partial charge is 0.295 e. The lowest BCUT2D eigenvalue weighted by Crippen LogP contribution is -2.39. The highest BCUT2D eigenvalue weighted by Crippen LogP contribution is 2.23. The molecule has 1 aliphatic rings. The van der Waals surface area contributed by atoms with Crippen LogP contribution in [0.4, 0.5) is 0 Å². The molecule has 0 aliphatic carbocycles. The Morgan fingerprint density at radius 2 is 2.57 bits per heavy atom. The first-order valence-electron chi connectivity index (χ1n) is 5.00. The van der Waals surface area contributed by atoms with Crippen molar-refractivity contribution < 1.29 is 0 Å². The van der Waals surface area contributed by atoms with Crippen LogP contribution in [0.3, 0.4) is 0 Å². The first kappa shape index (κ1) is 10.4. The van der Waals surface area contributed by atoms with Gasteiger partial charge >= 0.3 is 0 Å². The Morgan fingerprint density at radius 1 is 1.71 bits per heavy atom. The van der Waals surface area contributed by atoms with E-state index in [4.69, 9.17) is 11.6 Å². The Bertz CT molecular complexity index is 276. The Kier molecular flexibility index (Phi) is 3.42. The lowest BCUT2D eigenvalue weighted by molar-refractivity contribution is 0.189. The Morgan fingerprint density at radius 3 is 3.21 bits per heavy atom. The molecule has 2 heterocycles. The van der Waals surface area contributed by atoms with E-state index in [1.54, 1.807) is 11.3 Å². The van der Waals surface area contributed by atoms with Gasteiger partial charge < -0.3 is 0 Å². The normalized spacial score (nSPS) is 29.3. The zero-order chi connectivity index (χ0) is 9.97. The van der Waals surface area contributed by atoms with E-state index in [1.165, 1.54) is 11.4 Å². The van der Waals surface area contributed by atoms with Gasteiger partial charge in [-0.25, -0.2) is 4.98 Å². The topological polar surface area (TPSA) is 16.1 Å². The van der Waals surface area contributed by atoms with E-state index in [0.29, 0.717) is 11.3 Å². The highest BCUT2D eigenvalue weighted by molar-refractivity contribution is 7.09. The fraction of sp³-hybridized carbons (Fsp3) is 0.700. The minimum absolute atomic E-state index is 0.309. The number of thiazole rings is 1. The van der Waals surface area contributed by atoms with Crippen LogP contribution in [0.5, 0.6) is 0 Å². The summed E-state index contributed by atoms with van der Waals surface area (Å²) in [6.07, 6.45) is 3.07. The van der Waals surface area contributed by atoms with Gasteiger partial charge in [-0.15, -0.1) is 22.9 Å². The number of likely N-dealkylation sites (tertiary alicyclic amines) is 1. The molecule has 1 aliphatic heterocycles. The first-order chi connectivity index (χ1) is 6.75. The monoisotopic (exact) mass is 230 g/mol. The van der Waals surface area contributed by atoms with Crippen LogP contribution in [-0.2, 0) is 6.54 Å². The number of halogens is 1. The highest BCUT2D eigenvalue weighted by atomic mass is 35.5. The number of piperidine rings is 1. The fourth-order valence-electron chi connectivity index (χ4n) is 1.75. The second-order valence-corrected chi connectivity index (χ2v) is 5.48. The van der Waals surface area contributed by atoms with Gasteiger partial charge in [-0.2, -0.15) is 0 Å². The van der Waals surface area contributed by atoms with Crippen molar-refractivity contribution in [1.29, 1.82) is 0 Å². The summed E-state index contributed by atoms with van der Waals surface area (Å²) in [7, 11) is 0. The molecule has 1 aromatic rings. The van der Waals surface area contributed by atoms with Gasteiger partial charge in [0.1, 0.15) is 5.01 Å². The van der Waals surface area contributed by atoms with Crippen molar-refractivity contribution in [1.82, 2.24) is 9.88 Å². The third kappa shape index (κ3) is 2.47. The van der Waals surface area contributed by atoms with Crippen LogP contribution in [0.15, 0.2) is 11.6 Å². The van der Waals surface area contributed by atoms with E-state index >= 15 is 0 Å². The summed E-state index contributed by atoms with van der Waals surface area (Å²) in [5.41, 5.74) is 0. The van der Waals surface area contributed by atoms with Gasteiger partial charge in [0, 0.05) is 23.5 Å². The number of alkyl halides is 1. The molecule has 2 atom stereocenters. The molecule has 0 saturated carbocycles. The van der Waals surface area contributed by atoms with Crippen LogP contribution in [0.1, 0.15) is 18.4 Å². The summed E-state index contributed by atoms with van der Waals surface area (Å²) in [5, 5.41) is 3.53. The van der Waals surface area contributed by atoms with Crippen LogP contribution in [0, 0.1) is 5.92 Å². The van der Waals surface area contributed by atoms with Gasteiger partial charge in [-0.3, -0.25) is 4.90 Å². The minimum Gasteiger partial charge on any atom is -0.295 e. The van der Waals surface area contributed by atoms with Gasteiger partial charge in [0.2, 0.25) is 0 Å². The highest BCUT2D eigenvalue weighted by Gasteiger charge is 2.24. The average Bonchev–Trinajstić information content (AvgIpc) is 2.64. The summed E-state index contributed by atoms with van der Waals surface area (Å²) >= 11 is 7.97. The van der Waals surface area contributed by atoms with E-state index in [9.17, 15) is 0 Å². The second-order valence-electron chi connectivity index (χ2n) is 3.94. The fourth-order valence-corrected chi connectivity index (χ4v) is 2.73. The molecule has 4 heteroatoms. The van der Waals surface area contributed by atoms with Crippen molar-refractivity contribution >= 4 is 22.9 Å². The maximum Gasteiger partial charge on any atom is 0.107 e. The van der Waals surface area contributed by atoms with Crippen molar-refractivity contribution in [2.24, 2.45) is 5.92 Å². The molecule has 78 valence electrons. The van der Waals surface area contributed by atoms with Crippen LogP contribution < -0.4 is 0 Å². The standard InChI is InChI=1S/C10H15ClN2S/c1-8-2-4-13(6-9(8)11)7-10-12-3-5-14-10/h3,5,8-9H,2,4,6-7H2,1H3. The van der Waals surface area contributed by atoms with E-state index in [0.717, 1.165) is 19.6 Å². The molecule has 1 fully saturated rings. The molecule has 0 radical (unpaired) electrons. The molecule has 1 aromatic heterocycles. The van der Waals surface area contributed by atoms with E-state index < -0.39 is 0 Å². The zero-order valence-electron chi connectivity index (χ0n) is 8.32. The van der Waals surface area contributed by atoms with Crippen molar-refractivity contribution in [2.45, 2.75) is 25.3 Å². The molecule has 2 unspecified atom stereocenters. The zero-order valence-corrected chi connectivity index (χ0v) is 9.89. The SMILES string of the molecule is CC1CCN(Cc2nccs2)CC1Cl. The van der Waals surface area contributed by atoms with Crippen molar-refractivity contribution in [2.75, 3.05) is 13.1 Å². The Hall–Kier alpha value is -0.120. The molecule has 14 heavy (non-hydrogen) atoms.